The molecule has 0 aliphatic carbocycles. The van der Waals surface area contributed by atoms with Gasteiger partial charge >= 0.3 is 0 Å². The third-order valence-electron chi connectivity index (χ3n) is 3.04. The number of H-pyrrole nitrogens is 1. The Labute approximate surface area is 126 Å². The fourth-order valence-electron chi connectivity index (χ4n) is 2.02. The van der Waals surface area contributed by atoms with Crippen molar-refractivity contribution in [3.8, 4) is 11.3 Å². The van der Waals surface area contributed by atoms with E-state index in [0.29, 0.717) is 17.3 Å². The number of hydrogen-bond acceptors (Lipinski definition) is 3. The van der Waals surface area contributed by atoms with E-state index in [-0.39, 0.29) is 5.82 Å². The number of benzene rings is 2. The van der Waals surface area contributed by atoms with E-state index in [2.05, 4.69) is 20.7 Å². The molecule has 0 aliphatic heterocycles. The van der Waals surface area contributed by atoms with Gasteiger partial charge in [0, 0.05) is 5.56 Å². The van der Waals surface area contributed by atoms with Crippen LogP contribution in [-0.4, -0.2) is 15.4 Å². The average Bonchev–Trinajstić information content (AvgIpc) is 2.97. The van der Waals surface area contributed by atoms with Crippen molar-refractivity contribution in [3.63, 3.8) is 0 Å². The van der Waals surface area contributed by atoms with Gasteiger partial charge in [0.25, 0.3) is 0 Å². The van der Waals surface area contributed by atoms with Crippen molar-refractivity contribution >= 4 is 17.3 Å². The minimum atomic E-state index is -0.342. The maximum atomic E-state index is 13.2. The minimum absolute atomic E-state index is 0.342. The van der Waals surface area contributed by atoms with Crippen LogP contribution in [0.5, 0.6) is 0 Å². The Kier molecular flexibility index (Phi) is 3.83. The lowest BCUT2D eigenvalue weighted by molar-refractivity contribution is 0.628. The highest BCUT2D eigenvalue weighted by molar-refractivity contribution is 6.33. The maximum Gasteiger partial charge on any atom is 0.125 e. The van der Waals surface area contributed by atoms with Crippen LogP contribution in [0.15, 0.2) is 48.5 Å². The van der Waals surface area contributed by atoms with Crippen molar-refractivity contribution in [3.05, 3.63) is 65.1 Å². The van der Waals surface area contributed by atoms with Crippen LogP contribution in [0.4, 0.5) is 10.1 Å². The largest absolute Gasteiger partial charge is 0.378 e. The van der Waals surface area contributed by atoms with E-state index in [1.807, 2.05) is 30.3 Å². The number of aromatic nitrogens is 3. The van der Waals surface area contributed by atoms with Gasteiger partial charge in [-0.25, -0.2) is 4.39 Å². The zero-order chi connectivity index (χ0) is 14.7. The summed E-state index contributed by atoms with van der Waals surface area (Å²) in [6.45, 7) is 0.393. The Morgan fingerprint density at radius 3 is 2.71 bits per heavy atom. The molecular weight excluding hydrogens is 291 g/mol. The number of halogens is 2. The van der Waals surface area contributed by atoms with E-state index in [1.54, 1.807) is 0 Å². The van der Waals surface area contributed by atoms with E-state index in [1.165, 1.54) is 18.2 Å². The van der Waals surface area contributed by atoms with Crippen LogP contribution in [-0.2, 0) is 6.54 Å². The second kappa shape index (κ2) is 5.93. The first kappa shape index (κ1) is 13.6. The van der Waals surface area contributed by atoms with Gasteiger partial charge in [0.05, 0.1) is 17.3 Å². The zero-order valence-electron chi connectivity index (χ0n) is 11.0. The van der Waals surface area contributed by atoms with Crippen molar-refractivity contribution in [2.24, 2.45) is 0 Å². The summed E-state index contributed by atoms with van der Waals surface area (Å²) in [5.74, 6) is -0.342. The molecule has 0 saturated heterocycles. The highest BCUT2D eigenvalue weighted by Crippen LogP contribution is 2.24. The molecule has 3 rings (SSSR count). The molecule has 0 fully saturated rings. The van der Waals surface area contributed by atoms with Crippen LogP contribution in [0, 0.1) is 5.82 Å². The van der Waals surface area contributed by atoms with Crippen LogP contribution in [0.1, 0.15) is 5.69 Å². The summed E-state index contributed by atoms with van der Waals surface area (Å²) in [4.78, 5) is 0. The molecule has 0 amide bonds. The first-order valence-corrected chi connectivity index (χ1v) is 6.76. The normalized spacial score (nSPS) is 10.6. The summed E-state index contributed by atoms with van der Waals surface area (Å²) in [7, 11) is 0. The van der Waals surface area contributed by atoms with Gasteiger partial charge in [-0.3, -0.25) is 0 Å². The van der Waals surface area contributed by atoms with Crippen LogP contribution in [0.25, 0.3) is 11.3 Å². The van der Waals surface area contributed by atoms with Crippen molar-refractivity contribution in [1.29, 1.82) is 0 Å². The van der Waals surface area contributed by atoms with Gasteiger partial charge in [0.15, 0.2) is 0 Å². The lowest BCUT2D eigenvalue weighted by atomic mass is 10.1. The van der Waals surface area contributed by atoms with Gasteiger partial charge in [-0.15, -0.1) is 0 Å². The minimum Gasteiger partial charge on any atom is -0.378 e. The van der Waals surface area contributed by atoms with E-state index in [4.69, 9.17) is 11.6 Å². The maximum absolute atomic E-state index is 13.2. The molecule has 0 atom stereocenters. The predicted molar refractivity (Wildman–Crippen MR) is 80.6 cm³/mol. The highest BCUT2D eigenvalue weighted by atomic mass is 35.5. The first-order chi connectivity index (χ1) is 10.2. The van der Waals surface area contributed by atoms with Crippen molar-refractivity contribution in [2.75, 3.05) is 5.32 Å². The molecule has 106 valence electrons. The fraction of sp³-hybridized carbons (Fsp3) is 0.0667. The summed E-state index contributed by atoms with van der Waals surface area (Å²) in [6, 6.07) is 13.9. The predicted octanol–water partition coefficient (Wildman–Crippen LogP) is 3.88. The van der Waals surface area contributed by atoms with Crippen molar-refractivity contribution in [2.45, 2.75) is 6.54 Å². The van der Waals surface area contributed by atoms with Gasteiger partial charge in [-0.05, 0) is 18.2 Å². The molecule has 6 heteroatoms. The van der Waals surface area contributed by atoms with Gasteiger partial charge < -0.3 is 5.32 Å². The van der Waals surface area contributed by atoms with Gasteiger partial charge in [-0.2, -0.15) is 15.4 Å². The summed E-state index contributed by atoms with van der Waals surface area (Å²) in [5.41, 5.74) is 2.99. The van der Waals surface area contributed by atoms with Crippen molar-refractivity contribution in [1.82, 2.24) is 15.4 Å². The Bertz CT molecular complexity index is 742. The molecule has 3 aromatic rings. The average molecular weight is 303 g/mol. The van der Waals surface area contributed by atoms with E-state index < -0.39 is 0 Å². The topological polar surface area (TPSA) is 53.6 Å². The summed E-state index contributed by atoms with van der Waals surface area (Å²) in [5, 5.41) is 14.4. The monoisotopic (exact) mass is 302 g/mol. The smallest absolute Gasteiger partial charge is 0.125 e. The molecule has 4 nitrogen and oxygen atoms in total. The molecule has 2 aromatic carbocycles. The van der Waals surface area contributed by atoms with Gasteiger partial charge in [0.2, 0.25) is 0 Å². The molecule has 0 bridgehead atoms. The van der Waals surface area contributed by atoms with Gasteiger partial charge in [0.1, 0.15) is 17.2 Å². The number of rotatable bonds is 4. The Balaban J connectivity index is 1.81. The molecule has 0 unspecified atom stereocenters. The lowest BCUT2D eigenvalue weighted by Gasteiger charge is -2.07. The Morgan fingerprint density at radius 2 is 1.90 bits per heavy atom. The van der Waals surface area contributed by atoms with E-state index in [9.17, 15) is 4.39 Å². The summed E-state index contributed by atoms with van der Waals surface area (Å²) < 4.78 is 13.2. The molecule has 21 heavy (non-hydrogen) atoms. The molecular formula is C15H12ClFN4. The second-order valence-corrected chi connectivity index (χ2v) is 4.87. The molecule has 0 saturated carbocycles. The number of nitrogens with zero attached hydrogens (tertiary/aromatic N) is 2. The SMILES string of the molecule is Fc1ccc(Cl)c(NCc2n[nH]nc2-c2ccccc2)c1. The zero-order valence-corrected chi connectivity index (χ0v) is 11.7. The fourth-order valence-corrected chi connectivity index (χ4v) is 2.20. The van der Waals surface area contributed by atoms with Crippen LogP contribution in [0.3, 0.4) is 0 Å². The third-order valence-corrected chi connectivity index (χ3v) is 3.37. The van der Waals surface area contributed by atoms with Crippen molar-refractivity contribution < 1.29 is 4.39 Å². The molecule has 0 aliphatic rings. The number of hydrogen-bond donors (Lipinski definition) is 2. The summed E-state index contributed by atoms with van der Waals surface area (Å²) in [6.07, 6.45) is 0. The van der Waals surface area contributed by atoms with E-state index in [0.717, 1.165) is 17.0 Å². The molecule has 0 spiro atoms. The highest BCUT2D eigenvalue weighted by Gasteiger charge is 2.10. The van der Waals surface area contributed by atoms with Crippen LogP contribution in [0.2, 0.25) is 5.02 Å². The number of nitrogens with one attached hydrogen (secondary N) is 2. The quantitative estimate of drug-likeness (QED) is 0.769. The Morgan fingerprint density at radius 1 is 1.10 bits per heavy atom. The van der Waals surface area contributed by atoms with Gasteiger partial charge in [-0.1, -0.05) is 41.9 Å². The molecule has 0 radical (unpaired) electrons. The number of aromatic amines is 1. The third kappa shape index (κ3) is 3.03. The lowest BCUT2D eigenvalue weighted by Crippen LogP contribution is -2.02. The molecule has 1 heterocycles. The standard InChI is InChI=1S/C15H12ClFN4/c16-12-7-6-11(17)8-13(12)18-9-14-15(20-21-19-14)10-4-2-1-3-5-10/h1-8,18H,9H2,(H,19,20,21). The van der Waals surface area contributed by atoms with E-state index >= 15 is 0 Å². The Hall–Kier alpha value is -2.40. The van der Waals surface area contributed by atoms with Crippen LogP contribution < -0.4 is 5.32 Å². The van der Waals surface area contributed by atoms with Crippen LogP contribution >= 0.6 is 11.6 Å². The molecule has 2 N–H and O–H groups in total. The first-order valence-electron chi connectivity index (χ1n) is 6.38. The summed E-state index contributed by atoms with van der Waals surface area (Å²) >= 11 is 6.02. The molecule has 1 aromatic heterocycles. The number of anilines is 1. The second-order valence-electron chi connectivity index (χ2n) is 4.46.